The van der Waals surface area contributed by atoms with Crippen LogP contribution in [0.4, 0.5) is 10.1 Å². The van der Waals surface area contributed by atoms with Gasteiger partial charge in [-0.25, -0.2) is 4.39 Å². The van der Waals surface area contributed by atoms with E-state index in [2.05, 4.69) is 10.5 Å². The minimum Gasteiger partial charge on any atom is -0.504 e. The van der Waals surface area contributed by atoms with E-state index < -0.39 is 11.2 Å². The summed E-state index contributed by atoms with van der Waals surface area (Å²) in [6.07, 6.45) is 1.71. The molecule has 0 spiro atoms. The van der Waals surface area contributed by atoms with E-state index in [1.54, 1.807) is 12.1 Å². The number of halogens is 1. The topological polar surface area (TPSA) is 104 Å². The molecular weight excluding hydrogens is 425 g/mol. The SMILES string of the molecule is CC(C)(C)c1cc2cc(NC(=O)C3(c4ccc(O)c(O)c4)CC3)cc(F)c2n1CCCN=O. The molecule has 0 aliphatic heterocycles. The molecule has 0 radical (unpaired) electrons. The highest BCUT2D eigenvalue weighted by Gasteiger charge is 2.51. The Kier molecular flexibility index (Phi) is 5.64. The average molecular weight is 454 g/mol. The zero-order valence-corrected chi connectivity index (χ0v) is 19.0. The second-order valence-electron chi connectivity index (χ2n) is 9.77. The van der Waals surface area contributed by atoms with Crippen LogP contribution in [-0.2, 0) is 22.2 Å². The fraction of sp³-hybridized carbons (Fsp3) is 0.400. The van der Waals surface area contributed by atoms with Gasteiger partial charge in [-0.3, -0.25) is 4.79 Å². The molecule has 1 heterocycles. The van der Waals surface area contributed by atoms with E-state index in [1.165, 1.54) is 18.2 Å². The van der Waals surface area contributed by atoms with Gasteiger partial charge < -0.3 is 20.1 Å². The maximum absolute atomic E-state index is 15.3. The second kappa shape index (κ2) is 8.17. The predicted molar refractivity (Wildman–Crippen MR) is 125 cm³/mol. The summed E-state index contributed by atoms with van der Waals surface area (Å²) in [6, 6.07) is 9.37. The quantitative estimate of drug-likeness (QED) is 0.256. The molecule has 1 aliphatic rings. The van der Waals surface area contributed by atoms with Gasteiger partial charge in [0.15, 0.2) is 11.5 Å². The number of amides is 1. The Morgan fingerprint density at radius 1 is 1.15 bits per heavy atom. The highest BCUT2D eigenvalue weighted by Crippen LogP contribution is 2.50. The van der Waals surface area contributed by atoms with Crippen LogP contribution in [0.5, 0.6) is 11.5 Å². The van der Waals surface area contributed by atoms with Crippen LogP contribution in [0.1, 0.15) is 51.3 Å². The molecule has 0 bridgehead atoms. The Balaban J connectivity index is 1.67. The highest BCUT2D eigenvalue weighted by atomic mass is 19.1. The molecule has 8 heteroatoms. The minimum absolute atomic E-state index is 0.161. The molecule has 1 aliphatic carbocycles. The van der Waals surface area contributed by atoms with Crippen molar-refractivity contribution in [1.82, 2.24) is 4.57 Å². The summed E-state index contributed by atoms with van der Waals surface area (Å²) >= 11 is 0. The van der Waals surface area contributed by atoms with Crippen LogP contribution in [-0.4, -0.2) is 27.2 Å². The summed E-state index contributed by atoms with van der Waals surface area (Å²) in [5.41, 5.74) is 1.29. The number of aromatic hydroxyl groups is 2. The number of hydrogen-bond acceptors (Lipinski definition) is 5. The molecule has 0 unspecified atom stereocenters. The van der Waals surface area contributed by atoms with Gasteiger partial charge in [0.1, 0.15) is 5.82 Å². The number of rotatable bonds is 7. The third kappa shape index (κ3) is 4.17. The van der Waals surface area contributed by atoms with E-state index in [-0.39, 0.29) is 29.4 Å². The van der Waals surface area contributed by atoms with Crippen molar-refractivity contribution in [1.29, 1.82) is 0 Å². The molecule has 1 saturated carbocycles. The Bertz CT molecular complexity index is 1240. The van der Waals surface area contributed by atoms with Crippen LogP contribution in [0, 0.1) is 10.7 Å². The average Bonchev–Trinajstić information content (AvgIpc) is 3.46. The molecule has 3 N–H and O–H groups in total. The summed E-state index contributed by atoms with van der Waals surface area (Å²) in [7, 11) is 0. The normalized spacial score (nSPS) is 14.9. The fourth-order valence-corrected chi connectivity index (χ4v) is 4.42. The number of fused-ring (bicyclic) bond motifs is 1. The molecule has 174 valence electrons. The number of aryl methyl sites for hydroxylation is 1. The van der Waals surface area contributed by atoms with Gasteiger partial charge in [0.05, 0.1) is 17.5 Å². The van der Waals surface area contributed by atoms with E-state index in [9.17, 15) is 19.9 Å². The number of carbonyl (C=O) groups excluding carboxylic acids is 1. The summed E-state index contributed by atoms with van der Waals surface area (Å²) in [6.45, 7) is 6.76. The summed E-state index contributed by atoms with van der Waals surface area (Å²) in [5.74, 6) is -1.26. The van der Waals surface area contributed by atoms with E-state index in [0.29, 0.717) is 48.0 Å². The highest BCUT2D eigenvalue weighted by molar-refractivity contribution is 6.02. The van der Waals surface area contributed by atoms with Crippen molar-refractivity contribution in [3.05, 3.63) is 58.4 Å². The van der Waals surface area contributed by atoms with E-state index >= 15 is 4.39 Å². The molecule has 4 rings (SSSR count). The molecule has 3 aromatic rings. The van der Waals surface area contributed by atoms with Crippen molar-refractivity contribution in [2.24, 2.45) is 5.18 Å². The number of nitrogens with zero attached hydrogens (tertiary/aromatic N) is 2. The van der Waals surface area contributed by atoms with Crippen LogP contribution in [0.25, 0.3) is 10.9 Å². The Morgan fingerprint density at radius 2 is 1.88 bits per heavy atom. The number of carbonyl (C=O) groups is 1. The first-order valence-electron chi connectivity index (χ1n) is 11.0. The maximum atomic E-state index is 15.3. The first kappa shape index (κ1) is 22.8. The largest absolute Gasteiger partial charge is 0.504 e. The number of aromatic nitrogens is 1. The van der Waals surface area contributed by atoms with Gasteiger partial charge in [-0.2, -0.15) is 4.91 Å². The Labute approximate surface area is 191 Å². The van der Waals surface area contributed by atoms with Crippen molar-refractivity contribution in [3.8, 4) is 11.5 Å². The van der Waals surface area contributed by atoms with Crippen LogP contribution >= 0.6 is 0 Å². The number of nitrogens with one attached hydrogen (secondary N) is 1. The monoisotopic (exact) mass is 453 g/mol. The molecule has 7 nitrogen and oxygen atoms in total. The summed E-state index contributed by atoms with van der Waals surface area (Å²) < 4.78 is 17.2. The zero-order valence-electron chi connectivity index (χ0n) is 19.0. The van der Waals surface area contributed by atoms with E-state index in [1.807, 2.05) is 31.4 Å². The number of anilines is 1. The summed E-state index contributed by atoms with van der Waals surface area (Å²) in [4.78, 5) is 23.6. The Morgan fingerprint density at radius 3 is 2.48 bits per heavy atom. The van der Waals surface area contributed by atoms with Gasteiger partial charge in [-0.15, -0.1) is 0 Å². The third-order valence-corrected chi connectivity index (χ3v) is 6.32. The lowest BCUT2D eigenvalue weighted by atomic mass is 9.92. The minimum atomic E-state index is -0.805. The van der Waals surface area contributed by atoms with Crippen molar-refractivity contribution in [2.75, 3.05) is 11.9 Å². The zero-order chi connectivity index (χ0) is 24.0. The first-order valence-corrected chi connectivity index (χ1v) is 11.0. The maximum Gasteiger partial charge on any atom is 0.235 e. The number of hydrogen-bond donors (Lipinski definition) is 3. The number of benzene rings is 2. The van der Waals surface area contributed by atoms with Crippen LogP contribution < -0.4 is 5.32 Å². The van der Waals surface area contributed by atoms with Gasteiger partial charge >= 0.3 is 0 Å². The van der Waals surface area contributed by atoms with Crippen molar-refractivity contribution < 1.29 is 19.4 Å². The number of phenols is 2. The van der Waals surface area contributed by atoms with Gasteiger partial charge in [0.2, 0.25) is 5.91 Å². The van der Waals surface area contributed by atoms with Crippen LogP contribution in [0.2, 0.25) is 0 Å². The molecule has 0 saturated heterocycles. The lowest BCUT2D eigenvalue weighted by molar-refractivity contribution is -0.118. The van der Waals surface area contributed by atoms with E-state index in [0.717, 1.165) is 5.69 Å². The molecule has 1 amide bonds. The van der Waals surface area contributed by atoms with Gasteiger partial charge in [-0.1, -0.05) is 32.0 Å². The van der Waals surface area contributed by atoms with Gasteiger partial charge in [-0.05, 0) is 55.2 Å². The fourth-order valence-electron chi connectivity index (χ4n) is 4.42. The molecule has 2 aromatic carbocycles. The second-order valence-corrected chi connectivity index (χ2v) is 9.77. The van der Waals surface area contributed by atoms with Gasteiger partial charge in [0.25, 0.3) is 0 Å². The third-order valence-electron chi connectivity index (χ3n) is 6.32. The lowest BCUT2D eigenvalue weighted by Crippen LogP contribution is -2.27. The van der Waals surface area contributed by atoms with Gasteiger partial charge in [0, 0.05) is 28.7 Å². The Hall–Kier alpha value is -3.42. The summed E-state index contributed by atoms with van der Waals surface area (Å²) in [5, 5.41) is 25.8. The number of nitroso groups, excluding NO2 is 1. The van der Waals surface area contributed by atoms with Crippen molar-refractivity contribution >= 4 is 22.5 Å². The molecular formula is C25H28FN3O4. The first-order chi connectivity index (χ1) is 15.6. The van der Waals surface area contributed by atoms with Crippen molar-refractivity contribution in [3.63, 3.8) is 0 Å². The van der Waals surface area contributed by atoms with Crippen LogP contribution in [0.15, 0.2) is 41.6 Å². The molecule has 33 heavy (non-hydrogen) atoms. The molecule has 1 aromatic heterocycles. The molecule has 1 fully saturated rings. The number of phenolic OH excluding ortho intramolecular Hbond substituents is 2. The van der Waals surface area contributed by atoms with Crippen molar-refractivity contribution in [2.45, 2.75) is 57.4 Å². The molecule has 0 atom stereocenters. The van der Waals surface area contributed by atoms with Crippen LogP contribution in [0.3, 0.4) is 0 Å². The smallest absolute Gasteiger partial charge is 0.235 e. The predicted octanol–water partition coefficient (Wildman–Crippen LogP) is 5.32. The standard InChI is InChI=1S/C25H28FN3O4/c1-24(2,3)21-12-15-11-17(14-18(26)22(15)29(21)10-4-9-27-33)28-23(32)25(7-8-25)16-5-6-19(30)20(31)13-16/h5-6,11-14,30-31H,4,7-10H2,1-3H3,(H,28,32). The van der Waals surface area contributed by atoms with E-state index in [4.69, 9.17) is 0 Å². The lowest BCUT2D eigenvalue weighted by Gasteiger charge is -2.22.